The van der Waals surface area contributed by atoms with Gasteiger partial charge in [0.1, 0.15) is 11.6 Å². The van der Waals surface area contributed by atoms with Gasteiger partial charge in [0, 0.05) is 25.1 Å². The van der Waals surface area contributed by atoms with Gasteiger partial charge in [-0.3, -0.25) is 4.79 Å². The van der Waals surface area contributed by atoms with E-state index in [1.165, 1.54) is 11.1 Å². The Balaban J connectivity index is 1.23. The molecule has 1 N–H and O–H groups in total. The Hall–Kier alpha value is -3.60. The lowest BCUT2D eigenvalue weighted by molar-refractivity contribution is 0.0953. The van der Waals surface area contributed by atoms with Crippen molar-refractivity contribution < 1.29 is 9.53 Å². The molecule has 1 heterocycles. The number of unbranched alkanes of at least 4 members (excludes halogenated alkanes) is 2. The first kappa shape index (κ1) is 25.5. The summed E-state index contributed by atoms with van der Waals surface area (Å²) in [5.74, 6) is 2.06. The molecule has 0 aliphatic rings. The summed E-state index contributed by atoms with van der Waals surface area (Å²) >= 11 is 0. The summed E-state index contributed by atoms with van der Waals surface area (Å²) in [6.07, 6.45) is 5.95. The molecular weight excluding hydrogens is 446 g/mol. The van der Waals surface area contributed by atoms with Crippen LogP contribution in [-0.2, 0) is 19.4 Å². The lowest BCUT2D eigenvalue weighted by atomic mass is 10.1. The SMILES string of the molecule is CCc1ccc(OCCCn2c(CCCCCNC(=O)c3ccc(C)cc3)nc3ccccc32)cc1. The third kappa shape index (κ3) is 6.97. The maximum atomic E-state index is 12.3. The number of carbonyl (C=O) groups is 1. The molecule has 3 aromatic carbocycles. The molecule has 0 unspecified atom stereocenters. The molecule has 0 bridgehead atoms. The van der Waals surface area contributed by atoms with Crippen LogP contribution >= 0.6 is 0 Å². The Morgan fingerprint density at radius 1 is 0.917 bits per heavy atom. The van der Waals surface area contributed by atoms with Gasteiger partial charge in [0.05, 0.1) is 17.6 Å². The lowest BCUT2D eigenvalue weighted by Gasteiger charge is -2.11. The molecule has 36 heavy (non-hydrogen) atoms. The number of benzene rings is 3. The van der Waals surface area contributed by atoms with Crippen LogP contribution in [0.2, 0.25) is 0 Å². The van der Waals surface area contributed by atoms with Crippen LogP contribution in [-0.4, -0.2) is 28.6 Å². The highest BCUT2D eigenvalue weighted by Gasteiger charge is 2.10. The summed E-state index contributed by atoms with van der Waals surface area (Å²) < 4.78 is 8.32. The van der Waals surface area contributed by atoms with Gasteiger partial charge in [-0.15, -0.1) is 0 Å². The molecule has 0 saturated heterocycles. The van der Waals surface area contributed by atoms with E-state index in [4.69, 9.17) is 9.72 Å². The standard InChI is InChI=1S/C31H37N3O2/c1-3-25-15-19-27(20-16-25)36-23-9-22-34-29-11-7-6-10-28(29)33-30(34)12-5-4-8-21-32-31(35)26-17-13-24(2)14-18-26/h6-7,10-11,13-20H,3-5,8-9,12,21-23H2,1-2H3,(H,32,35). The fourth-order valence-corrected chi connectivity index (χ4v) is 4.39. The van der Waals surface area contributed by atoms with Gasteiger partial charge in [-0.25, -0.2) is 4.98 Å². The number of nitrogens with one attached hydrogen (secondary N) is 1. The van der Waals surface area contributed by atoms with Crippen LogP contribution in [0.3, 0.4) is 0 Å². The van der Waals surface area contributed by atoms with E-state index in [1.807, 2.05) is 37.3 Å². The molecular formula is C31H37N3O2. The van der Waals surface area contributed by atoms with E-state index in [0.717, 1.165) is 73.3 Å². The van der Waals surface area contributed by atoms with Crippen LogP contribution in [0.25, 0.3) is 11.0 Å². The van der Waals surface area contributed by atoms with Crippen molar-refractivity contribution in [3.8, 4) is 5.75 Å². The van der Waals surface area contributed by atoms with Gasteiger partial charge in [-0.05, 0) is 74.6 Å². The van der Waals surface area contributed by atoms with Gasteiger partial charge in [-0.2, -0.15) is 0 Å². The quantitative estimate of drug-likeness (QED) is 0.220. The molecule has 4 rings (SSSR count). The van der Waals surface area contributed by atoms with Crippen LogP contribution in [0.1, 0.15) is 59.9 Å². The summed E-state index contributed by atoms with van der Waals surface area (Å²) in [5.41, 5.74) is 5.44. The number of fused-ring (bicyclic) bond motifs is 1. The van der Waals surface area contributed by atoms with Crippen molar-refractivity contribution in [1.82, 2.24) is 14.9 Å². The van der Waals surface area contributed by atoms with Gasteiger partial charge in [-0.1, -0.05) is 55.3 Å². The highest BCUT2D eigenvalue weighted by molar-refractivity contribution is 5.94. The van der Waals surface area contributed by atoms with Crippen molar-refractivity contribution >= 4 is 16.9 Å². The zero-order valence-electron chi connectivity index (χ0n) is 21.5. The monoisotopic (exact) mass is 483 g/mol. The average Bonchev–Trinajstić information content (AvgIpc) is 3.26. The minimum atomic E-state index is 0.000295. The van der Waals surface area contributed by atoms with Gasteiger partial charge >= 0.3 is 0 Å². The third-order valence-corrected chi connectivity index (χ3v) is 6.54. The third-order valence-electron chi connectivity index (χ3n) is 6.54. The summed E-state index contributed by atoms with van der Waals surface area (Å²) in [7, 11) is 0. The number of carbonyl (C=O) groups excluding carboxylic acids is 1. The maximum Gasteiger partial charge on any atom is 0.251 e. The van der Waals surface area contributed by atoms with Crippen LogP contribution in [0, 0.1) is 6.92 Å². The smallest absolute Gasteiger partial charge is 0.251 e. The number of hydrogen-bond acceptors (Lipinski definition) is 3. The van der Waals surface area contributed by atoms with Gasteiger partial charge < -0.3 is 14.6 Å². The van der Waals surface area contributed by atoms with Crippen molar-refractivity contribution in [2.24, 2.45) is 0 Å². The second-order valence-corrected chi connectivity index (χ2v) is 9.30. The molecule has 1 amide bonds. The normalized spacial score (nSPS) is 11.1. The number of aromatic nitrogens is 2. The van der Waals surface area contributed by atoms with Crippen LogP contribution in [0.4, 0.5) is 0 Å². The Kier molecular flexibility index (Phi) is 9.15. The van der Waals surface area contributed by atoms with Crippen LogP contribution in [0.15, 0.2) is 72.8 Å². The number of para-hydroxylation sites is 2. The van der Waals surface area contributed by atoms with Crippen molar-refractivity contribution in [1.29, 1.82) is 0 Å². The number of imidazole rings is 1. The molecule has 5 heteroatoms. The molecule has 0 fully saturated rings. The van der Waals surface area contributed by atoms with E-state index in [0.29, 0.717) is 13.2 Å². The minimum absolute atomic E-state index is 0.000295. The van der Waals surface area contributed by atoms with E-state index in [-0.39, 0.29) is 5.91 Å². The fraction of sp³-hybridized carbons (Fsp3) is 0.355. The Bertz CT molecular complexity index is 1240. The summed E-state index contributed by atoms with van der Waals surface area (Å²) in [6, 6.07) is 24.4. The molecule has 4 aromatic rings. The molecule has 5 nitrogen and oxygen atoms in total. The number of hydrogen-bond donors (Lipinski definition) is 1. The van der Waals surface area contributed by atoms with Crippen molar-refractivity contribution in [2.75, 3.05) is 13.2 Å². The van der Waals surface area contributed by atoms with E-state index < -0.39 is 0 Å². The number of rotatable bonds is 13. The Morgan fingerprint density at radius 2 is 1.69 bits per heavy atom. The largest absolute Gasteiger partial charge is 0.494 e. The van der Waals surface area contributed by atoms with Crippen molar-refractivity contribution in [3.05, 3.63) is 95.3 Å². The average molecular weight is 484 g/mol. The zero-order chi connectivity index (χ0) is 25.2. The molecule has 0 spiro atoms. The first-order valence-corrected chi connectivity index (χ1v) is 13.1. The van der Waals surface area contributed by atoms with E-state index in [1.54, 1.807) is 0 Å². The van der Waals surface area contributed by atoms with Gasteiger partial charge in [0.2, 0.25) is 0 Å². The summed E-state index contributed by atoms with van der Waals surface area (Å²) in [4.78, 5) is 17.2. The highest BCUT2D eigenvalue weighted by atomic mass is 16.5. The van der Waals surface area contributed by atoms with Gasteiger partial charge in [0.25, 0.3) is 5.91 Å². The van der Waals surface area contributed by atoms with E-state index in [2.05, 4.69) is 59.3 Å². The molecule has 0 aliphatic carbocycles. The second-order valence-electron chi connectivity index (χ2n) is 9.30. The second kappa shape index (κ2) is 12.9. The zero-order valence-corrected chi connectivity index (χ0v) is 21.5. The van der Waals surface area contributed by atoms with Crippen LogP contribution < -0.4 is 10.1 Å². The first-order valence-electron chi connectivity index (χ1n) is 13.1. The van der Waals surface area contributed by atoms with E-state index >= 15 is 0 Å². The summed E-state index contributed by atoms with van der Waals surface area (Å²) in [6.45, 7) is 6.44. The molecule has 0 aliphatic heterocycles. The van der Waals surface area contributed by atoms with Gasteiger partial charge in [0.15, 0.2) is 0 Å². The number of ether oxygens (including phenoxy) is 1. The number of aryl methyl sites for hydroxylation is 4. The molecule has 0 saturated carbocycles. The predicted molar refractivity (Wildman–Crippen MR) is 147 cm³/mol. The summed E-state index contributed by atoms with van der Waals surface area (Å²) in [5, 5.41) is 3.03. The first-order chi connectivity index (χ1) is 17.6. The lowest BCUT2D eigenvalue weighted by Crippen LogP contribution is -2.24. The Morgan fingerprint density at radius 3 is 2.47 bits per heavy atom. The molecule has 0 atom stereocenters. The number of nitrogens with zero attached hydrogens (tertiary/aromatic N) is 2. The highest BCUT2D eigenvalue weighted by Crippen LogP contribution is 2.19. The Labute approximate surface area is 214 Å². The van der Waals surface area contributed by atoms with Crippen molar-refractivity contribution in [2.45, 2.75) is 58.9 Å². The molecule has 0 radical (unpaired) electrons. The number of amides is 1. The predicted octanol–water partition coefficient (Wildman–Crippen LogP) is 6.52. The molecule has 188 valence electrons. The molecule has 1 aromatic heterocycles. The minimum Gasteiger partial charge on any atom is -0.494 e. The topological polar surface area (TPSA) is 56.1 Å². The van der Waals surface area contributed by atoms with Crippen molar-refractivity contribution in [3.63, 3.8) is 0 Å². The fourth-order valence-electron chi connectivity index (χ4n) is 4.39. The van der Waals surface area contributed by atoms with Crippen LogP contribution in [0.5, 0.6) is 5.75 Å². The maximum absolute atomic E-state index is 12.3. The van der Waals surface area contributed by atoms with E-state index in [9.17, 15) is 4.79 Å².